The average molecular weight is 288 g/mol. The van der Waals surface area contributed by atoms with Gasteiger partial charge in [-0.2, -0.15) is 5.10 Å². The molecule has 1 heterocycles. The highest BCUT2D eigenvalue weighted by Crippen LogP contribution is 2.18. The summed E-state index contributed by atoms with van der Waals surface area (Å²) in [5.41, 5.74) is 8.68. The van der Waals surface area contributed by atoms with E-state index in [4.69, 9.17) is 18.0 Å². The number of nitrogens with two attached hydrogens (primary N) is 1. The van der Waals surface area contributed by atoms with Gasteiger partial charge in [-0.05, 0) is 25.0 Å². The molecule has 20 heavy (non-hydrogen) atoms. The van der Waals surface area contributed by atoms with E-state index >= 15 is 0 Å². The van der Waals surface area contributed by atoms with Crippen molar-refractivity contribution >= 4 is 28.9 Å². The lowest BCUT2D eigenvalue weighted by molar-refractivity contribution is 0.102. The Bertz CT molecular complexity index is 670. The predicted molar refractivity (Wildman–Crippen MR) is 83.0 cm³/mol. The van der Waals surface area contributed by atoms with Gasteiger partial charge < -0.3 is 11.1 Å². The first-order valence-corrected chi connectivity index (χ1v) is 6.52. The predicted octanol–water partition coefficient (Wildman–Crippen LogP) is 1.92. The quantitative estimate of drug-likeness (QED) is 0.846. The Labute approximate surface area is 122 Å². The number of aromatic nitrogens is 2. The molecule has 0 unspecified atom stereocenters. The van der Waals surface area contributed by atoms with Crippen LogP contribution in [0.4, 0.5) is 5.82 Å². The SMILES string of the molecule is Cc1cccc(C)c1C(=O)Nc1c(C(N)=S)cnn1C. The largest absolute Gasteiger partial charge is 0.389 e. The van der Waals surface area contributed by atoms with Gasteiger partial charge in [-0.1, -0.05) is 30.4 Å². The first-order chi connectivity index (χ1) is 9.41. The van der Waals surface area contributed by atoms with Crippen molar-refractivity contribution in [2.45, 2.75) is 13.8 Å². The zero-order valence-corrected chi connectivity index (χ0v) is 12.4. The molecular formula is C14H16N4OS. The summed E-state index contributed by atoms with van der Waals surface area (Å²) in [5.74, 6) is 0.312. The normalized spacial score (nSPS) is 10.3. The van der Waals surface area contributed by atoms with E-state index in [9.17, 15) is 4.79 Å². The van der Waals surface area contributed by atoms with Crippen LogP contribution in [0.25, 0.3) is 0 Å². The smallest absolute Gasteiger partial charge is 0.257 e. The van der Waals surface area contributed by atoms with Gasteiger partial charge in [0.25, 0.3) is 5.91 Å². The summed E-state index contributed by atoms with van der Waals surface area (Å²) < 4.78 is 1.54. The third-order valence-corrected chi connectivity index (χ3v) is 3.36. The Morgan fingerprint density at radius 1 is 1.35 bits per heavy atom. The summed E-state index contributed by atoms with van der Waals surface area (Å²) in [4.78, 5) is 12.6. The zero-order chi connectivity index (χ0) is 14.9. The second-order valence-electron chi connectivity index (χ2n) is 4.62. The summed E-state index contributed by atoms with van der Waals surface area (Å²) >= 11 is 4.96. The van der Waals surface area contributed by atoms with Gasteiger partial charge in [0.05, 0.1) is 11.8 Å². The van der Waals surface area contributed by atoms with Crippen molar-refractivity contribution in [3.05, 3.63) is 46.6 Å². The molecule has 0 aliphatic heterocycles. The standard InChI is InChI=1S/C14H16N4OS/c1-8-5-4-6-9(2)11(8)14(19)17-13-10(12(15)20)7-16-18(13)3/h4-7H,1-3H3,(H2,15,20)(H,17,19). The fraction of sp³-hybridized carbons (Fsp3) is 0.214. The maximum atomic E-state index is 12.4. The van der Waals surface area contributed by atoms with Crippen molar-refractivity contribution in [1.29, 1.82) is 0 Å². The van der Waals surface area contributed by atoms with Gasteiger partial charge in [-0.3, -0.25) is 9.48 Å². The van der Waals surface area contributed by atoms with E-state index in [1.165, 1.54) is 0 Å². The number of nitrogens with one attached hydrogen (secondary N) is 1. The van der Waals surface area contributed by atoms with Crippen molar-refractivity contribution in [2.75, 3.05) is 5.32 Å². The number of aryl methyl sites for hydroxylation is 3. The van der Waals surface area contributed by atoms with Gasteiger partial charge in [0.2, 0.25) is 0 Å². The number of carbonyl (C=O) groups excluding carboxylic acids is 1. The molecule has 0 radical (unpaired) electrons. The highest BCUT2D eigenvalue weighted by Gasteiger charge is 2.17. The first-order valence-electron chi connectivity index (χ1n) is 6.11. The minimum atomic E-state index is -0.193. The van der Waals surface area contributed by atoms with Crippen LogP contribution in [0.1, 0.15) is 27.0 Å². The maximum absolute atomic E-state index is 12.4. The molecule has 0 spiro atoms. The zero-order valence-electron chi connectivity index (χ0n) is 11.6. The van der Waals surface area contributed by atoms with Gasteiger partial charge in [0.1, 0.15) is 10.8 Å². The molecule has 0 saturated carbocycles. The number of hydrogen-bond donors (Lipinski definition) is 2. The van der Waals surface area contributed by atoms with E-state index in [1.807, 2.05) is 32.0 Å². The third kappa shape index (κ3) is 2.55. The molecule has 0 bridgehead atoms. The lowest BCUT2D eigenvalue weighted by atomic mass is 10.0. The van der Waals surface area contributed by atoms with Crippen LogP contribution in [0.5, 0.6) is 0 Å². The monoisotopic (exact) mass is 288 g/mol. The molecule has 0 fully saturated rings. The average Bonchev–Trinajstić information content (AvgIpc) is 2.71. The van der Waals surface area contributed by atoms with Crippen LogP contribution in [-0.4, -0.2) is 20.7 Å². The molecule has 2 aromatic rings. The van der Waals surface area contributed by atoms with Gasteiger partial charge in [0.15, 0.2) is 0 Å². The molecule has 0 saturated heterocycles. The number of hydrogen-bond acceptors (Lipinski definition) is 3. The Hall–Kier alpha value is -2.21. The molecular weight excluding hydrogens is 272 g/mol. The Balaban J connectivity index is 2.38. The molecule has 0 aliphatic carbocycles. The number of thiocarbonyl (C=S) groups is 1. The Morgan fingerprint density at radius 3 is 2.50 bits per heavy atom. The van der Waals surface area contributed by atoms with E-state index in [1.54, 1.807) is 17.9 Å². The molecule has 0 atom stereocenters. The highest BCUT2D eigenvalue weighted by atomic mass is 32.1. The van der Waals surface area contributed by atoms with Crippen LogP contribution >= 0.6 is 12.2 Å². The third-order valence-electron chi connectivity index (χ3n) is 3.14. The lowest BCUT2D eigenvalue weighted by Crippen LogP contribution is -2.20. The van der Waals surface area contributed by atoms with Crippen LogP contribution in [0.2, 0.25) is 0 Å². The van der Waals surface area contributed by atoms with E-state index in [0.717, 1.165) is 11.1 Å². The fourth-order valence-corrected chi connectivity index (χ4v) is 2.26. The number of benzene rings is 1. The molecule has 3 N–H and O–H groups in total. The van der Waals surface area contributed by atoms with Crippen LogP contribution in [-0.2, 0) is 7.05 Å². The number of anilines is 1. The van der Waals surface area contributed by atoms with Gasteiger partial charge in [-0.25, -0.2) is 0 Å². The lowest BCUT2D eigenvalue weighted by Gasteiger charge is -2.11. The summed E-state index contributed by atoms with van der Waals surface area (Å²) in [7, 11) is 1.72. The highest BCUT2D eigenvalue weighted by molar-refractivity contribution is 7.80. The van der Waals surface area contributed by atoms with Gasteiger partial charge >= 0.3 is 0 Å². The van der Waals surface area contributed by atoms with Crippen LogP contribution < -0.4 is 11.1 Å². The van der Waals surface area contributed by atoms with Crippen LogP contribution in [0.3, 0.4) is 0 Å². The van der Waals surface area contributed by atoms with E-state index in [0.29, 0.717) is 16.9 Å². The summed E-state index contributed by atoms with van der Waals surface area (Å²) in [5, 5.41) is 6.90. The molecule has 2 rings (SSSR count). The van der Waals surface area contributed by atoms with Crippen LogP contribution in [0, 0.1) is 13.8 Å². The second-order valence-corrected chi connectivity index (χ2v) is 5.06. The number of carbonyl (C=O) groups is 1. The molecule has 0 aliphatic rings. The Morgan fingerprint density at radius 2 is 1.95 bits per heavy atom. The van der Waals surface area contributed by atoms with Crippen molar-refractivity contribution in [3.63, 3.8) is 0 Å². The summed E-state index contributed by atoms with van der Waals surface area (Å²) in [6.45, 7) is 3.80. The van der Waals surface area contributed by atoms with Crippen molar-refractivity contribution in [3.8, 4) is 0 Å². The minimum absolute atomic E-state index is 0.193. The topological polar surface area (TPSA) is 72.9 Å². The van der Waals surface area contributed by atoms with Crippen molar-refractivity contribution < 1.29 is 4.79 Å². The maximum Gasteiger partial charge on any atom is 0.257 e. The summed E-state index contributed by atoms with van der Waals surface area (Å²) in [6, 6.07) is 5.73. The number of amides is 1. The molecule has 5 nitrogen and oxygen atoms in total. The van der Waals surface area contributed by atoms with Crippen molar-refractivity contribution in [2.24, 2.45) is 12.8 Å². The fourth-order valence-electron chi connectivity index (χ4n) is 2.11. The number of rotatable bonds is 3. The summed E-state index contributed by atoms with van der Waals surface area (Å²) in [6.07, 6.45) is 1.54. The minimum Gasteiger partial charge on any atom is -0.389 e. The second kappa shape index (κ2) is 5.42. The van der Waals surface area contributed by atoms with E-state index in [-0.39, 0.29) is 10.9 Å². The first kappa shape index (κ1) is 14.2. The molecule has 1 aromatic heterocycles. The molecule has 1 amide bonds. The molecule has 1 aromatic carbocycles. The number of nitrogens with zero attached hydrogens (tertiary/aromatic N) is 2. The van der Waals surface area contributed by atoms with Crippen LogP contribution in [0.15, 0.2) is 24.4 Å². The Kier molecular flexibility index (Phi) is 3.85. The van der Waals surface area contributed by atoms with Crippen molar-refractivity contribution in [1.82, 2.24) is 9.78 Å². The molecule has 6 heteroatoms. The molecule has 104 valence electrons. The van der Waals surface area contributed by atoms with E-state index in [2.05, 4.69) is 10.4 Å². The van der Waals surface area contributed by atoms with E-state index < -0.39 is 0 Å². The van der Waals surface area contributed by atoms with Gasteiger partial charge in [-0.15, -0.1) is 0 Å². The van der Waals surface area contributed by atoms with Gasteiger partial charge in [0, 0.05) is 12.6 Å².